The third kappa shape index (κ3) is 3.79. The zero-order valence-electron chi connectivity index (χ0n) is 14.1. The van der Waals surface area contributed by atoms with Crippen LogP contribution in [-0.2, 0) is 16.0 Å². The number of para-hydroxylation sites is 1. The molecule has 1 aliphatic heterocycles. The number of hydrogen-bond acceptors (Lipinski definition) is 5. The summed E-state index contributed by atoms with van der Waals surface area (Å²) >= 11 is 0. The van der Waals surface area contributed by atoms with Gasteiger partial charge in [0.15, 0.2) is 6.61 Å². The fourth-order valence-electron chi connectivity index (χ4n) is 2.87. The van der Waals surface area contributed by atoms with Gasteiger partial charge in [-0.05, 0) is 43.5 Å². The van der Waals surface area contributed by atoms with Crippen LogP contribution in [0, 0.1) is 0 Å². The molecule has 0 N–H and O–H groups in total. The molecule has 0 radical (unpaired) electrons. The highest BCUT2D eigenvalue weighted by atomic mass is 16.5. The Labute approximate surface area is 146 Å². The van der Waals surface area contributed by atoms with E-state index in [0.717, 1.165) is 24.1 Å². The van der Waals surface area contributed by atoms with Gasteiger partial charge in [0.2, 0.25) is 5.88 Å². The zero-order valence-corrected chi connectivity index (χ0v) is 14.1. The lowest BCUT2D eigenvalue weighted by Gasteiger charge is -2.29. The number of nitrogens with zero attached hydrogens (tertiary/aromatic N) is 2. The van der Waals surface area contributed by atoms with Gasteiger partial charge in [0.1, 0.15) is 5.56 Å². The number of aromatic nitrogens is 1. The quantitative estimate of drug-likeness (QED) is 0.783. The van der Waals surface area contributed by atoms with Gasteiger partial charge >= 0.3 is 5.97 Å². The SMILES string of the molecule is CCOc1ncccc1C(=O)OCC(=O)N1CCCc2ccccc21. The van der Waals surface area contributed by atoms with Crippen LogP contribution in [0.2, 0.25) is 0 Å². The molecule has 0 aliphatic carbocycles. The van der Waals surface area contributed by atoms with E-state index >= 15 is 0 Å². The first-order valence-corrected chi connectivity index (χ1v) is 8.34. The van der Waals surface area contributed by atoms with E-state index in [0.29, 0.717) is 13.2 Å². The van der Waals surface area contributed by atoms with Crippen LogP contribution < -0.4 is 9.64 Å². The second kappa shape index (κ2) is 7.79. The monoisotopic (exact) mass is 340 g/mol. The molecule has 0 spiro atoms. The van der Waals surface area contributed by atoms with Crippen LogP contribution in [0.3, 0.4) is 0 Å². The Morgan fingerprint density at radius 2 is 2.04 bits per heavy atom. The zero-order chi connectivity index (χ0) is 17.6. The lowest BCUT2D eigenvalue weighted by molar-refractivity contribution is -0.121. The van der Waals surface area contributed by atoms with Crippen LogP contribution in [0.4, 0.5) is 5.69 Å². The number of carbonyl (C=O) groups is 2. The van der Waals surface area contributed by atoms with Crippen molar-refractivity contribution in [3.63, 3.8) is 0 Å². The van der Waals surface area contributed by atoms with Gasteiger partial charge in [-0.25, -0.2) is 9.78 Å². The number of rotatable bonds is 5. The molecular formula is C19H20N2O4. The standard InChI is InChI=1S/C19H20N2O4/c1-2-24-18-15(9-5-11-20-18)19(23)25-13-17(22)21-12-6-8-14-7-3-4-10-16(14)21/h3-5,7,9-11H,2,6,8,12-13H2,1H3. The van der Waals surface area contributed by atoms with Crippen LogP contribution >= 0.6 is 0 Å². The number of fused-ring (bicyclic) bond motifs is 1. The largest absolute Gasteiger partial charge is 0.477 e. The van der Waals surface area contributed by atoms with Crippen molar-refractivity contribution in [1.29, 1.82) is 0 Å². The van der Waals surface area contributed by atoms with E-state index in [2.05, 4.69) is 4.98 Å². The molecule has 6 heteroatoms. The summed E-state index contributed by atoms with van der Waals surface area (Å²) in [5, 5.41) is 0. The smallest absolute Gasteiger partial charge is 0.344 e. The number of hydrogen-bond donors (Lipinski definition) is 0. The maximum Gasteiger partial charge on any atom is 0.344 e. The fourth-order valence-corrected chi connectivity index (χ4v) is 2.87. The topological polar surface area (TPSA) is 68.7 Å². The van der Waals surface area contributed by atoms with Gasteiger partial charge in [-0.3, -0.25) is 4.79 Å². The van der Waals surface area contributed by atoms with Gasteiger partial charge in [-0.1, -0.05) is 18.2 Å². The molecule has 3 rings (SSSR count). The van der Waals surface area contributed by atoms with Crippen molar-refractivity contribution in [2.24, 2.45) is 0 Å². The Hall–Kier alpha value is -2.89. The molecule has 2 aromatic rings. The van der Waals surface area contributed by atoms with Crippen LogP contribution in [0.5, 0.6) is 5.88 Å². The van der Waals surface area contributed by atoms with Crippen molar-refractivity contribution >= 4 is 17.6 Å². The molecule has 0 saturated heterocycles. The average molecular weight is 340 g/mol. The van der Waals surface area contributed by atoms with Crippen LogP contribution in [0.15, 0.2) is 42.6 Å². The van der Waals surface area contributed by atoms with Gasteiger partial charge in [0, 0.05) is 18.4 Å². The van der Waals surface area contributed by atoms with Gasteiger partial charge in [-0.2, -0.15) is 0 Å². The minimum absolute atomic E-state index is 0.214. The number of benzene rings is 1. The van der Waals surface area contributed by atoms with E-state index in [4.69, 9.17) is 9.47 Å². The van der Waals surface area contributed by atoms with E-state index in [1.54, 1.807) is 24.0 Å². The molecule has 1 aromatic carbocycles. The van der Waals surface area contributed by atoms with Gasteiger partial charge < -0.3 is 14.4 Å². The summed E-state index contributed by atoms with van der Waals surface area (Å²) < 4.78 is 10.5. The molecule has 0 fully saturated rings. The number of aryl methyl sites for hydroxylation is 1. The Balaban J connectivity index is 1.66. The second-order valence-corrected chi connectivity index (χ2v) is 5.64. The van der Waals surface area contributed by atoms with E-state index < -0.39 is 5.97 Å². The number of carbonyl (C=O) groups excluding carboxylic acids is 2. The predicted octanol–water partition coefficient (Wildman–Crippen LogP) is 2.62. The van der Waals surface area contributed by atoms with Crippen LogP contribution in [-0.4, -0.2) is 36.6 Å². The maximum absolute atomic E-state index is 12.5. The Bertz CT molecular complexity index is 776. The highest BCUT2D eigenvalue weighted by Gasteiger charge is 2.24. The molecule has 25 heavy (non-hydrogen) atoms. The van der Waals surface area contributed by atoms with Crippen molar-refractivity contribution < 1.29 is 19.1 Å². The van der Waals surface area contributed by atoms with E-state index in [9.17, 15) is 9.59 Å². The molecule has 6 nitrogen and oxygen atoms in total. The molecule has 1 aromatic heterocycles. The lowest BCUT2D eigenvalue weighted by atomic mass is 10.0. The lowest BCUT2D eigenvalue weighted by Crippen LogP contribution is -2.38. The number of anilines is 1. The summed E-state index contributed by atoms with van der Waals surface area (Å²) in [4.78, 5) is 30.5. The Morgan fingerprint density at radius 1 is 1.20 bits per heavy atom. The van der Waals surface area contributed by atoms with Crippen molar-refractivity contribution in [3.05, 3.63) is 53.7 Å². The first-order chi connectivity index (χ1) is 12.2. The molecule has 2 heterocycles. The second-order valence-electron chi connectivity index (χ2n) is 5.64. The third-order valence-electron chi connectivity index (χ3n) is 4.01. The van der Waals surface area contributed by atoms with Gasteiger partial charge in [0.25, 0.3) is 5.91 Å². The number of ether oxygens (including phenoxy) is 2. The van der Waals surface area contributed by atoms with Gasteiger partial charge in [-0.15, -0.1) is 0 Å². The molecule has 0 bridgehead atoms. The molecule has 1 aliphatic rings. The average Bonchev–Trinajstić information content (AvgIpc) is 2.66. The summed E-state index contributed by atoms with van der Waals surface area (Å²) in [5.41, 5.74) is 2.25. The van der Waals surface area contributed by atoms with Gasteiger partial charge in [0.05, 0.1) is 6.61 Å². The predicted molar refractivity (Wildman–Crippen MR) is 92.8 cm³/mol. The number of amides is 1. The third-order valence-corrected chi connectivity index (χ3v) is 4.01. The van der Waals surface area contributed by atoms with Crippen molar-refractivity contribution in [3.8, 4) is 5.88 Å². The highest BCUT2D eigenvalue weighted by Crippen LogP contribution is 2.26. The summed E-state index contributed by atoms with van der Waals surface area (Å²) in [6.07, 6.45) is 3.39. The summed E-state index contributed by atoms with van der Waals surface area (Å²) in [7, 11) is 0. The normalized spacial score (nSPS) is 13.1. The molecule has 1 amide bonds. The Morgan fingerprint density at radius 3 is 2.88 bits per heavy atom. The fraction of sp³-hybridized carbons (Fsp3) is 0.316. The highest BCUT2D eigenvalue weighted by molar-refractivity contribution is 5.98. The summed E-state index contributed by atoms with van der Waals surface area (Å²) in [5.74, 6) is -0.636. The van der Waals surface area contributed by atoms with E-state index in [-0.39, 0.29) is 24.0 Å². The molecule has 0 unspecified atom stereocenters. The Kier molecular flexibility index (Phi) is 5.28. The molecular weight excluding hydrogens is 320 g/mol. The molecule has 0 saturated carbocycles. The number of pyridine rings is 1. The van der Waals surface area contributed by atoms with E-state index in [1.165, 1.54) is 6.20 Å². The minimum atomic E-state index is -0.616. The number of esters is 1. The van der Waals surface area contributed by atoms with E-state index in [1.807, 2.05) is 24.3 Å². The summed E-state index contributed by atoms with van der Waals surface area (Å²) in [6.45, 7) is 2.51. The first-order valence-electron chi connectivity index (χ1n) is 8.34. The molecule has 0 atom stereocenters. The first kappa shape index (κ1) is 17.0. The van der Waals surface area contributed by atoms with Crippen molar-refractivity contribution in [1.82, 2.24) is 4.98 Å². The maximum atomic E-state index is 12.5. The molecule has 130 valence electrons. The minimum Gasteiger partial charge on any atom is -0.477 e. The van der Waals surface area contributed by atoms with Crippen LogP contribution in [0.25, 0.3) is 0 Å². The van der Waals surface area contributed by atoms with Crippen LogP contribution in [0.1, 0.15) is 29.3 Å². The van der Waals surface area contributed by atoms with Crippen molar-refractivity contribution in [2.75, 3.05) is 24.7 Å². The summed E-state index contributed by atoms with van der Waals surface area (Å²) in [6, 6.07) is 11.0. The van der Waals surface area contributed by atoms with Crippen molar-refractivity contribution in [2.45, 2.75) is 19.8 Å².